The van der Waals surface area contributed by atoms with Crippen molar-refractivity contribution in [1.82, 2.24) is 14.4 Å². The summed E-state index contributed by atoms with van der Waals surface area (Å²) in [5.41, 5.74) is 0.854. The molecule has 2 aliphatic heterocycles. The maximum atomic E-state index is 12.9. The molecule has 0 saturated carbocycles. The number of esters is 1. The maximum absolute atomic E-state index is 12.9. The van der Waals surface area contributed by atoms with E-state index in [0.29, 0.717) is 43.1 Å². The second-order valence-electron chi connectivity index (χ2n) is 8.70. The lowest BCUT2D eigenvalue weighted by atomic mass is 10.0. The summed E-state index contributed by atoms with van der Waals surface area (Å²) in [6.45, 7) is 8.41. The van der Waals surface area contributed by atoms with Crippen LogP contribution in [0.4, 0.5) is 0 Å². The van der Waals surface area contributed by atoms with Gasteiger partial charge in [-0.1, -0.05) is 26.7 Å². The predicted octanol–water partition coefficient (Wildman–Crippen LogP) is 1.79. The molecule has 3 rings (SSSR count). The van der Waals surface area contributed by atoms with E-state index in [2.05, 4.69) is 18.7 Å². The molecule has 8 nitrogen and oxygen atoms in total. The van der Waals surface area contributed by atoms with Crippen molar-refractivity contribution >= 4 is 11.9 Å². The molecule has 0 radical (unpaired) electrons. The first-order valence-electron chi connectivity index (χ1n) is 11.3. The second-order valence-corrected chi connectivity index (χ2v) is 8.70. The third kappa shape index (κ3) is 5.29. The Hall–Kier alpha value is -2.35. The third-order valence-corrected chi connectivity index (χ3v) is 6.64. The molecular formula is C23H35N3O5. The second kappa shape index (κ2) is 10.3. The van der Waals surface area contributed by atoms with Crippen molar-refractivity contribution in [2.75, 3.05) is 46.9 Å². The maximum Gasteiger partial charge on any atom is 0.343 e. The van der Waals surface area contributed by atoms with E-state index in [-0.39, 0.29) is 29.7 Å². The van der Waals surface area contributed by atoms with Crippen LogP contribution in [-0.4, -0.2) is 73.2 Å². The number of hydrogen-bond donors (Lipinski definition) is 0. The summed E-state index contributed by atoms with van der Waals surface area (Å²) in [5.74, 6) is 0.524. The zero-order valence-corrected chi connectivity index (χ0v) is 19.2. The van der Waals surface area contributed by atoms with Crippen molar-refractivity contribution in [3.05, 3.63) is 27.7 Å². The van der Waals surface area contributed by atoms with Gasteiger partial charge in [0.1, 0.15) is 11.3 Å². The molecule has 1 aromatic heterocycles. The minimum Gasteiger partial charge on any atom is -0.492 e. The number of hydrogen-bond acceptors (Lipinski definition) is 6. The highest BCUT2D eigenvalue weighted by molar-refractivity contribution is 5.93. The average molecular weight is 434 g/mol. The lowest BCUT2D eigenvalue weighted by Gasteiger charge is -2.24. The van der Waals surface area contributed by atoms with Crippen molar-refractivity contribution in [3.8, 4) is 5.75 Å². The molecule has 0 aliphatic carbocycles. The molecule has 3 heterocycles. The van der Waals surface area contributed by atoms with Crippen LogP contribution in [0, 0.1) is 11.8 Å². The van der Waals surface area contributed by atoms with Crippen LogP contribution < -0.4 is 10.3 Å². The van der Waals surface area contributed by atoms with Crippen molar-refractivity contribution in [3.63, 3.8) is 0 Å². The monoisotopic (exact) mass is 433 g/mol. The van der Waals surface area contributed by atoms with E-state index in [1.807, 2.05) is 0 Å². The van der Waals surface area contributed by atoms with Gasteiger partial charge in [0.15, 0.2) is 0 Å². The Kier molecular flexibility index (Phi) is 7.75. The van der Waals surface area contributed by atoms with Crippen LogP contribution in [-0.2, 0) is 22.5 Å². The molecule has 0 N–H and O–H groups in total. The molecule has 1 saturated heterocycles. The molecule has 1 fully saturated rings. The highest BCUT2D eigenvalue weighted by atomic mass is 16.5. The van der Waals surface area contributed by atoms with Crippen LogP contribution in [0.2, 0.25) is 0 Å². The molecule has 1 unspecified atom stereocenters. The first kappa shape index (κ1) is 23.3. The topological polar surface area (TPSA) is 81.1 Å². The van der Waals surface area contributed by atoms with E-state index in [9.17, 15) is 14.4 Å². The zero-order valence-electron chi connectivity index (χ0n) is 19.2. The largest absolute Gasteiger partial charge is 0.492 e. The summed E-state index contributed by atoms with van der Waals surface area (Å²) in [6, 6.07) is 1.40. The first-order chi connectivity index (χ1) is 14.9. The molecule has 0 spiro atoms. The van der Waals surface area contributed by atoms with Gasteiger partial charge in [0, 0.05) is 70.3 Å². The number of carbonyl (C=O) groups excluding carboxylic acids is 2. The quantitative estimate of drug-likeness (QED) is 0.582. The normalized spacial score (nSPS) is 19.5. The molecule has 1 amide bonds. The number of rotatable bonds is 8. The van der Waals surface area contributed by atoms with Crippen LogP contribution >= 0.6 is 0 Å². The Balaban J connectivity index is 1.84. The van der Waals surface area contributed by atoms with E-state index < -0.39 is 5.97 Å². The van der Waals surface area contributed by atoms with Gasteiger partial charge < -0.3 is 23.8 Å². The lowest BCUT2D eigenvalue weighted by molar-refractivity contribution is -0.126. The fourth-order valence-electron chi connectivity index (χ4n) is 4.60. The van der Waals surface area contributed by atoms with Gasteiger partial charge in [0.25, 0.3) is 5.56 Å². The van der Waals surface area contributed by atoms with Gasteiger partial charge in [0.05, 0.1) is 13.7 Å². The molecular weight excluding hydrogens is 398 g/mol. The molecule has 8 heteroatoms. The smallest absolute Gasteiger partial charge is 0.343 e. The van der Waals surface area contributed by atoms with Gasteiger partial charge in [-0.05, 0) is 5.92 Å². The number of amides is 1. The Labute approximate surface area is 184 Å². The minimum absolute atomic E-state index is 0.0417. The van der Waals surface area contributed by atoms with E-state index in [1.165, 1.54) is 13.2 Å². The summed E-state index contributed by atoms with van der Waals surface area (Å²) in [7, 11) is 3.11. The lowest BCUT2D eigenvalue weighted by Crippen LogP contribution is -2.32. The average Bonchev–Trinajstić information content (AvgIpc) is 2.95. The zero-order chi connectivity index (χ0) is 22.5. The highest BCUT2D eigenvalue weighted by Gasteiger charge is 2.30. The van der Waals surface area contributed by atoms with E-state index in [0.717, 1.165) is 32.5 Å². The predicted molar refractivity (Wildman–Crippen MR) is 117 cm³/mol. The molecule has 2 aliphatic rings. The van der Waals surface area contributed by atoms with Crippen molar-refractivity contribution in [1.29, 1.82) is 0 Å². The summed E-state index contributed by atoms with van der Waals surface area (Å²) >= 11 is 0. The van der Waals surface area contributed by atoms with Gasteiger partial charge in [-0.25, -0.2) is 4.79 Å². The number of ether oxygens (including phenoxy) is 2. The standard InChI is InChI=1S/C23H35N3O5/c1-5-16(6-2)14-25-8-7-18-22(23(29)30-4)19(12-21(28)26(18)10-9-25)31-15-17-11-20(27)24(3)13-17/h12,16-17H,5-11,13-15H2,1-4H3. The number of fused-ring (bicyclic) bond motifs is 1. The van der Waals surface area contributed by atoms with E-state index >= 15 is 0 Å². The Morgan fingerprint density at radius 1 is 1.19 bits per heavy atom. The summed E-state index contributed by atoms with van der Waals surface area (Å²) in [4.78, 5) is 41.4. The Bertz CT molecular complexity index is 862. The van der Waals surface area contributed by atoms with Crippen molar-refractivity contribution in [2.24, 2.45) is 11.8 Å². The van der Waals surface area contributed by atoms with Gasteiger partial charge in [-0.3, -0.25) is 9.59 Å². The van der Waals surface area contributed by atoms with E-state index in [1.54, 1.807) is 16.5 Å². The van der Waals surface area contributed by atoms with Crippen molar-refractivity contribution in [2.45, 2.75) is 46.1 Å². The molecule has 1 aromatic rings. The minimum atomic E-state index is -0.494. The van der Waals surface area contributed by atoms with Gasteiger partial charge in [-0.15, -0.1) is 0 Å². The summed E-state index contributed by atoms with van der Waals surface area (Å²) in [5, 5.41) is 0. The summed E-state index contributed by atoms with van der Waals surface area (Å²) < 4.78 is 12.7. The molecule has 31 heavy (non-hydrogen) atoms. The van der Waals surface area contributed by atoms with Crippen LogP contribution in [0.1, 0.15) is 49.2 Å². The molecule has 0 aromatic carbocycles. The SMILES string of the molecule is CCC(CC)CN1CCc2c(C(=O)OC)c(OCC3CC(=O)N(C)C3)cc(=O)n2CC1. The fourth-order valence-corrected chi connectivity index (χ4v) is 4.60. The molecule has 0 bridgehead atoms. The summed E-state index contributed by atoms with van der Waals surface area (Å²) in [6.07, 6.45) is 3.26. The Morgan fingerprint density at radius 3 is 2.55 bits per heavy atom. The van der Waals surface area contributed by atoms with Crippen molar-refractivity contribution < 1.29 is 19.1 Å². The third-order valence-electron chi connectivity index (χ3n) is 6.64. The van der Waals surface area contributed by atoms with E-state index in [4.69, 9.17) is 9.47 Å². The number of aromatic nitrogens is 1. The highest BCUT2D eigenvalue weighted by Crippen LogP contribution is 2.26. The number of carbonyl (C=O) groups is 2. The Morgan fingerprint density at radius 2 is 1.94 bits per heavy atom. The number of pyridine rings is 1. The number of nitrogens with zero attached hydrogens (tertiary/aromatic N) is 3. The van der Waals surface area contributed by atoms with Crippen LogP contribution in [0.5, 0.6) is 5.75 Å². The molecule has 172 valence electrons. The van der Waals surface area contributed by atoms with Crippen LogP contribution in [0.3, 0.4) is 0 Å². The van der Waals surface area contributed by atoms with Gasteiger partial charge in [-0.2, -0.15) is 0 Å². The van der Waals surface area contributed by atoms with Gasteiger partial charge >= 0.3 is 5.97 Å². The number of likely N-dealkylation sites (tertiary alicyclic amines) is 1. The number of methoxy groups -OCH3 is 1. The van der Waals surface area contributed by atoms with Gasteiger partial charge in [0.2, 0.25) is 5.91 Å². The fraction of sp³-hybridized carbons (Fsp3) is 0.696. The van der Waals surface area contributed by atoms with Crippen LogP contribution in [0.25, 0.3) is 0 Å². The van der Waals surface area contributed by atoms with Crippen LogP contribution in [0.15, 0.2) is 10.9 Å². The molecule has 1 atom stereocenters. The first-order valence-corrected chi connectivity index (χ1v) is 11.3.